The second-order valence-corrected chi connectivity index (χ2v) is 6.16. The van der Waals surface area contributed by atoms with Crippen LogP contribution in [0.25, 0.3) is 0 Å². The number of nitrogens with zero attached hydrogens (tertiary/aromatic N) is 1. The van der Waals surface area contributed by atoms with E-state index in [4.69, 9.17) is 11.6 Å². The summed E-state index contributed by atoms with van der Waals surface area (Å²) in [7, 11) is 0. The van der Waals surface area contributed by atoms with Crippen LogP contribution in [0.15, 0.2) is 30.4 Å². The molecule has 1 aromatic carbocycles. The molecule has 0 aromatic heterocycles. The molecule has 0 unspecified atom stereocenters. The summed E-state index contributed by atoms with van der Waals surface area (Å²) in [5, 5.41) is 22.8. The molecule has 1 saturated carbocycles. The molecule has 4 atom stereocenters. The minimum absolute atomic E-state index is 0.0285. The molecule has 2 aliphatic carbocycles. The number of carbonyl (C=O) groups excluding carboxylic acids is 1. The lowest BCUT2D eigenvalue weighted by Crippen LogP contribution is -2.36. The van der Waals surface area contributed by atoms with Gasteiger partial charge < -0.3 is 10.4 Å². The number of aliphatic carboxylic acids is 1. The van der Waals surface area contributed by atoms with Gasteiger partial charge in [0.15, 0.2) is 0 Å². The second kappa shape index (κ2) is 5.66. The van der Waals surface area contributed by atoms with Crippen molar-refractivity contribution < 1.29 is 19.6 Å². The van der Waals surface area contributed by atoms with Crippen molar-refractivity contribution in [1.82, 2.24) is 0 Å². The van der Waals surface area contributed by atoms with Gasteiger partial charge in [0.1, 0.15) is 5.02 Å². The standard InChI is InChI=1S/C15H13ClN2O5/c16-10-4-3-9(6-11(10)18(22)23)17-14(19)12-7-1-2-8(5-7)13(12)15(20)21/h1-4,6-8,12-13H,5H2,(H,17,19)(H,20,21)/t7-,8-,12+,13-/m0/s1. The summed E-state index contributed by atoms with van der Waals surface area (Å²) in [4.78, 5) is 34.1. The number of benzene rings is 1. The van der Waals surface area contributed by atoms with Gasteiger partial charge in [0.25, 0.3) is 5.69 Å². The molecule has 1 amide bonds. The molecule has 8 heteroatoms. The van der Waals surface area contributed by atoms with Crippen molar-refractivity contribution >= 4 is 34.9 Å². The van der Waals surface area contributed by atoms with Crippen LogP contribution in [0.4, 0.5) is 11.4 Å². The number of anilines is 1. The molecule has 1 fully saturated rings. The van der Waals surface area contributed by atoms with E-state index in [1.165, 1.54) is 18.2 Å². The third-order valence-electron chi connectivity index (χ3n) is 4.46. The summed E-state index contributed by atoms with van der Waals surface area (Å²) in [5.74, 6) is -3.10. The number of nitro groups is 1. The normalized spacial score (nSPS) is 27.9. The van der Waals surface area contributed by atoms with Gasteiger partial charge in [0.2, 0.25) is 5.91 Å². The number of nitrogens with one attached hydrogen (secondary N) is 1. The minimum Gasteiger partial charge on any atom is -0.481 e. The molecule has 23 heavy (non-hydrogen) atoms. The van der Waals surface area contributed by atoms with E-state index in [2.05, 4.69) is 5.32 Å². The Morgan fingerprint density at radius 3 is 2.52 bits per heavy atom. The predicted molar refractivity (Wildman–Crippen MR) is 82.1 cm³/mol. The average Bonchev–Trinajstić information content (AvgIpc) is 3.09. The number of amides is 1. The van der Waals surface area contributed by atoms with Crippen LogP contribution in [-0.2, 0) is 9.59 Å². The van der Waals surface area contributed by atoms with Crippen molar-refractivity contribution in [2.75, 3.05) is 5.32 Å². The van der Waals surface area contributed by atoms with Gasteiger partial charge in [-0.3, -0.25) is 19.7 Å². The number of fused-ring (bicyclic) bond motifs is 2. The van der Waals surface area contributed by atoms with Gasteiger partial charge in [-0.2, -0.15) is 0 Å². The molecule has 120 valence electrons. The van der Waals surface area contributed by atoms with Gasteiger partial charge in [0.05, 0.1) is 16.8 Å². The zero-order chi connectivity index (χ0) is 16.7. The van der Waals surface area contributed by atoms with Crippen molar-refractivity contribution in [3.8, 4) is 0 Å². The molecule has 2 aliphatic rings. The first kappa shape index (κ1) is 15.5. The quantitative estimate of drug-likeness (QED) is 0.499. The predicted octanol–water partition coefficient (Wildman–Crippen LogP) is 2.71. The Balaban J connectivity index is 1.82. The summed E-state index contributed by atoms with van der Waals surface area (Å²) in [6.45, 7) is 0. The van der Waals surface area contributed by atoms with Gasteiger partial charge in [-0.15, -0.1) is 0 Å². The Morgan fingerprint density at radius 2 is 1.91 bits per heavy atom. The average molecular weight is 337 g/mol. The number of hydrogen-bond donors (Lipinski definition) is 2. The van der Waals surface area contributed by atoms with E-state index >= 15 is 0 Å². The molecule has 2 N–H and O–H groups in total. The lowest BCUT2D eigenvalue weighted by Gasteiger charge is -2.23. The zero-order valence-electron chi connectivity index (χ0n) is 11.8. The fraction of sp³-hybridized carbons (Fsp3) is 0.333. The monoisotopic (exact) mass is 336 g/mol. The third kappa shape index (κ3) is 2.68. The van der Waals surface area contributed by atoms with E-state index in [9.17, 15) is 24.8 Å². The minimum atomic E-state index is -0.996. The summed E-state index contributed by atoms with van der Waals surface area (Å²) in [6, 6.07) is 3.94. The lowest BCUT2D eigenvalue weighted by molar-refractivity contribution is -0.384. The van der Waals surface area contributed by atoms with Crippen LogP contribution in [0, 0.1) is 33.8 Å². The lowest BCUT2D eigenvalue weighted by atomic mass is 9.82. The number of hydrogen-bond acceptors (Lipinski definition) is 4. The highest BCUT2D eigenvalue weighted by atomic mass is 35.5. The van der Waals surface area contributed by atoms with Crippen molar-refractivity contribution in [3.05, 3.63) is 45.5 Å². The van der Waals surface area contributed by atoms with Crippen LogP contribution in [0.5, 0.6) is 0 Å². The fourth-order valence-electron chi connectivity index (χ4n) is 3.47. The Morgan fingerprint density at radius 1 is 1.26 bits per heavy atom. The summed E-state index contributed by atoms with van der Waals surface area (Å²) < 4.78 is 0. The molecule has 2 bridgehead atoms. The molecule has 0 radical (unpaired) electrons. The van der Waals surface area contributed by atoms with Gasteiger partial charge in [0, 0.05) is 11.8 Å². The molecule has 1 aromatic rings. The van der Waals surface area contributed by atoms with Crippen LogP contribution in [-0.4, -0.2) is 21.9 Å². The molecular weight excluding hydrogens is 324 g/mol. The number of halogens is 1. The highest BCUT2D eigenvalue weighted by Gasteiger charge is 2.51. The van der Waals surface area contributed by atoms with E-state index in [1.54, 1.807) is 0 Å². The van der Waals surface area contributed by atoms with Crippen LogP contribution in [0.3, 0.4) is 0 Å². The van der Waals surface area contributed by atoms with E-state index in [1.807, 2.05) is 12.2 Å². The van der Waals surface area contributed by atoms with Crippen LogP contribution >= 0.6 is 11.6 Å². The Kier molecular flexibility index (Phi) is 3.81. The van der Waals surface area contributed by atoms with Crippen molar-refractivity contribution in [2.45, 2.75) is 6.42 Å². The van der Waals surface area contributed by atoms with Gasteiger partial charge in [-0.1, -0.05) is 23.8 Å². The maximum absolute atomic E-state index is 12.5. The number of carboxylic acid groups (broad SMARTS) is 1. The molecule has 7 nitrogen and oxygen atoms in total. The molecule has 0 saturated heterocycles. The first-order chi connectivity index (χ1) is 10.9. The highest BCUT2D eigenvalue weighted by molar-refractivity contribution is 6.32. The molecular formula is C15H13ClN2O5. The van der Waals surface area contributed by atoms with Gasteiger partial charge in [-0.25, -0.2) is 0 Å². The Labute approximate surface area is 136 Å². The van der Waals surface area contributed by atoms with Gasteiger partial charge >= 0.3 is 5.97 Å². The van der Waals surface area contributed by atoms with E-state index < -0.39 is 28.6 Å². The molecule has 0 spiro atoms. The molecule has 3 rings (SSSR count). The smallest absolute Gasteiger partial charge is 0.307 e. The van der Waals surface area contributed by atoms with Crippen LogP contribution < -0.4 is 5.32 Å². The Hall–Kier alpha value is -2.41. The first-order valence-corrected chi connectivity index (χ1v) is 7.42. The second-order valence-electron chi connectivity index (χ2n) is 5.75. The largest absolute Gasteiger partial charge is 0.481 e. The van der Waals surface area contributed by atoms with E-state index in [0.717, 1.165) is 0 Å². The summed E-state index contributed by atoms with van der Waals surface area (Å²) in [5.41, 5.74) is -0.0888. The number of nitro benzene ring substituents is 1. The first-order valence-electron chi connectivity index (χ1n) is 7.04. The summed E-state index contributed by atoms with van der Waals surface area (Å²) >= 11 is 5.73. The number of allylic oxidation sites excluding steroid dienone is 2. The third-order valence-corrected chi connectivity index (χ3v) is 4.78. The molecule has 0 aliphatic heterocycles. The topological polar surface area (TPSA) is 110 Å². The number of carboxylic acids is 1. The maximum Gasteiger partial charge on any atom is 0.307 e. The highest BCUT2D eigenvalue weighted by Crippen LogP contribution is 2.48. The van der Waals surface area contributed by atoms with Crippen molar-refractivity contribution in [2.24, 2.45) is 23.7 Å². The fourth-order valence-corrected chi connectivity index (χ4v) is 3.66. The van der Waals surface area contributed by atoms with E-state index in [0.29, 0.717) is 6.42 Å². The van der Waals surface area contributed by atoms with Crippen LogP contribution in [0.1, 0.15) is 6.42 Å². The van der Waals surface area contributed by atoms with Crippen LogP contribution in [0.2, 0.25) is 5.02 Å². The molecule has 0 heterocycles. The SMILES string of the molecule is O=C(O)[C@@H]1[C@H](C(=O)Nc2ccc(Cl)c([N+](=O)[O-])c2)[C@H]2C=C[C@H]1C2. The van der Waals surface area contributed by atoms with E-state index in [-0.39, 0.29) is 28.2 Å². The number of carbonyl (C=O) groups is 2. The Bertz CT molecular complexity index is 733. The maximum atomic E-state index is 12.5. The van der Waals surface area contributed by atoms with Crippen molar-refractivity contribution in [1.29, 1.82) is 0 Å². The van der Waals surface area contributed by atoms with Crippen molar-refractivity contribution in [3.63, 3.8) is 0 Å². The zero-order valence-corrected chi connectivity index (χ0v) is 12.6. The summed E-state index contributed by atoms with van der Waals surface area (Å²) in [6.07, 6.45) is 4.37. The van der Waals surface area contributed by atoms with Gasteiger partial charge in [-0.05, 0) is 30.4 Å². The number of rotatable bonds is 4.